The molecular formula is C16H17N3O5. The lowest BCUT2D eigenvalue weighted by Gasteiger charge is -2.17. The smallest absolute Gasteiger partial charge is 0.332 e. The fourth-order valence-electron chi connectivity index (χ4n) is 2.59. The summed E-state index contributed by atoms with van der Waals surface area (Å²) in [5.41, 5.74) is 1.66. The molecule has 0 atom stereocenters. The van der Waals surface area contributed by atoms with Crippen LogP contribution in [0.4, 0.5) is 10.5 Å². The predicted octanol–water partition coefficient (Wildman–Crippen LogP) is 1.97. The van der Waals surface area contributed by atoms with E-state index in [2.05, 4.69) is 5.16 Å². The Bertz CT molecular complexity index is 764. The van der Waals surface area contributed by atoms with Crippen LogP contribution >= 0.6 is 0 Å². The first-order valence-corrected chi connectivity index (χ1v) is 7.28. The van der Waals surface area contributed by atoms with Crippen LogP contribution in [0.5, 0.6) is 11.5 Å². The third-order valence-electron chi connectivity index (χ3n) is 3.79. The van der Waals surface area contributed by atoms with Crippen LogP contribution < -0.4 is 14.4 Å². The second-order valence-electron chi connectivity index (χ2n) is 5.37. The van der Waals surface area contributed by atoms with E-state index in [9.17, 15) is 9.59 Å². The van der Waals surface area contributed by atoms with Crippen LogP contribution in [0.25, 0.3) is 0 Å². The van der Waals surface area contributed by atoms with Gasteiger partial charge in [0.25, 0.3) is 5.91 Å². The number of anilines is 1. The SMILES string of the molecule is COc1cc(CN2CC(=O)N(c3conc3C)C2=O)cc(OC)c1. The zero-order chi connectivity index (χ0) is 17.3. The summed E-state index contributed by atoms with van der Waals surface area (Å²) in [6.07, 6.45) is 1.29. The average molecular weight is 331 g/mol. The van der Waals surface area contributed by atoms with E-state index in [1.165, 1.54) is 11.2 Å². The lowest BCUT2D eigenvalue weighted by molar-refractivity contribution is -0.116. The molecule has 8 nitrogen and oxygen atoms in total. The van der Waals surface area contributed by atoms with Crippen LogP contribution in [0.15, 0.2) is 29.0 Å². The first-order valence-electron chi connectivity index (χ1n) is 7.28. The van der Waals surface area contributed by atoms with Crippen LogP contribution in [-0.4, -0.2) is 42.8 Å². The number of imide groups is 1. The van der Waals surface area contributed by atoms with Crippen LogP contribution in [0, 0.1) is 6.92 Å². The van der Waals surface area contributed by atoms with E-state index in [0.717, 1.165) is 10.5 Å². The van der Waals surface area contributed by atoms with Crippen molar-refractivity contribution in [2.45, 2.75) is 13.5 Å². The van der Waals surface area contributed by atoms with Gasteiger partial charge in [0.1, 0.15) is 35.7 Å². The average Bonchev–Trinajstić information content (AvgIpc) is 3.10. The maximum atomic E-state index is 12.6. The number of carbonyl (C=O) groups excluding carboxylic acids is 2. The Morgan fingerprint density at radius 3 is 2.38 bits per heavy atom. The van der Waals surface area contributed by atoms with Gasteiger partial charge in [-0.05, 0) is 24.6 Å². The normalized spacial score (nSPS) is 14.5. The number of rotatable bonds is 5. The Balaban J connectivity index is 1.83. The van der Waals surface area contributed by atoms with Gasteiger partial charge in [0.2, 0.25) is 0 Å². The van der Waals surface area contributed by atoms with E-state index in [1.54, 1.807) is 39.3 Å². The van der Waals surface area contributed by atoms with Gasteiger partial charge in [-0.1, -0.05) is 5.16 Å². The van der Waals surface area contributed by atoms with Gasteiger partial charge in [-0.2, -0.15) is 0 Å². The number of carbonyl (C=O) groups is 2. The summed E-state index contributed by atoms with van der Waals surface area (Å²) in [6, 6.07) is 4.93. The maximum Gasteiger partial charge on any atom is 0.332 e. The van der Waals surface area contributed by atoms with Crippen LogP contribution in [-0.2, 0) is 11.3 Å². The molecule has 126 valence electrons. The first kappa shape index (κ1) is 15.9. The first-order chi connectivity index (χ1) is 11.5. The zero-order valence-electron chi connectivity index (χ0n) is 13.6. The summed E-state index contributed by atoms with van der Waals surface area (Å²) in [5, 5.41) is 3.71. The minimum absolute atomic E-state index is 0.0109. The van der Waals surface area contributed by atoms with Crippen molar-refractivity contribution in [2.24, 2.45) is 0 Å². The molecule has 0 unspecified atom stereocenters. The Kier molecular flexibility index (Phi) is 4.11. The van der Waals surface area contributed by atoms with Crippen LogP contribution in [0.1, 0.15) is 11.3 Å². The molecule has 1 aliphatic rings. The highest BCUT2D eigenvalue weighted by Gasteiger charge is 2.38. The van der Waals surface area contributed by atoms with Crippen molar-refractivity contribution < 1.29 is 23.6 Å². The van der Waals surface area contributed by atoms with Crippen LogP contribution in [0.3, 0.4) is 0 Å². The molecule has 24 heavy (non-hydrogen) atoms. The molecule has 8 heteroatoms. The van der Waals surface area contributed by atoms with Crippen molar-refractivity contribution in [1.29, 1.82) is 0 Å². The van der Waals surface area contributed by atoms with Gasteiger partial charge >= 0.3 is 6.03 Å². The number of methoxy groups -OCH3 is 2. The van der Waals surface area contributed by atoms with E-state index in [0.29, 0.717) is 22.9 Å². The van der Waals surface area contributed by atoms with E-state index in [1.807, 2.05) is 0 Å². The van der Waals surface area contributed by atoms with E-state index < -0.39 is 6.03 Å². The van der Waals surface area contributed by atoms with Gasteiger partial charge in [-0.3, -0.25) is 4.79 Å². The summed E-state index contributed by atoms with van der Waals surface area (Å²) in [5.74, 6) is 0.921. The van der Waals surface area contributed by atoms with Crippen LogP contribution in [0.2, 0.25) is 0 Å². The fraction of sp³-hybridized carbons (Fsp3) is 0.312. The summed E-state index contributed by atoms with van der Waals surface area (Å²) in [6.45, 7) is 1.93. The second kappa shape index (κ2) is 6.23. The molecular weight excluding hydrogens is 314 g/mol. The fourth-order valence-corrected chi connectivity index (χ4v) is 2.59. The molecule has 0 spiro atoms. The summed E-state index contributed by atoms with van der Waals surface area (Å²) in [4.78, 5) is 27.3. The topological polar surface area (TPSA) is 85.1 Å². The quantitative estimate of drug-likeness (QED) is 0.779. The van der Waals surface area contributed by atoms with Gasteiger partial charge in [-0.25, -0.2) is 9.69 Å². The summed E-state index contributed by atoms with van der Waals surface area (Å²) < 4.78 is 15.3. The van der Waals surface area contributed by atoms with Crippen molar-refractivity contribution in [3.63, 3.8) is 0 Å². The monoisotopic (exact) mass is 331 g/mol. The Hall–Kier alpha value is -3.03. The van der Waals surface area contributed by atoms with Crippen molar-refractivity contribution in [3.8, 4) is 11.5 Å². The molecule has 1 aromatic carbocycles. The highest BCUT2D eigenvalue weighted by atomic mass is 16.5. The van der Waals surface area contributed by atoms with Gasteiger partial charge in [-0.15, -0.1) is 0 Å². The van der Waals surface area contributed by atoms with Crippen molar-refractivity contribution in [3.05, 3.63) is 35.7 Å². The second-order valence-corrected chi connectivity index (χ2v) is 5.37. The zero-order valence-corrected chi connectivity index (χ0v) is 13.6. The standard InChI is InChI=1S/C16H17N3O5/c1-10-14(9-24-17-10)19-15(20)8-18(16(19)21)7-11-4-12(22-2)6-13(5-11)23-3/h4-6,9H,7-8H2,1-3H3. The van der Waals surface area contributed by atoms with E-state index >= 15 is 0 Å². The lowest BCUT2D eigenvalue weighted by atomic mass is 10.2. The lowest BCUT2D eigenvalue weighted by Crippen LogP contribution is -2.33. The molecule has 3 amide bonds. The minimum Gasteiger partial charge on any atom is -0.497 e. The number of nitrogens with zero attached hydrogens (tertiary/aromatic N) is 3. The molecule has 0 bridgehead atoms. The Morgan fingerprint density at radius 2 is 1.83 bits per heavy atom. The maximum absolute atomic E-state index is 12.6. The number of aromatic nitrogens is 1. The molecule has 0 saturated carbocycles. The van der Waals surface area contributed by atoms with E-state index in [-0.39, 0.29) is 19.0 Å². The Labute approximate surface area is 138 Å². The number of hydrogen-bond acceptors (Lipinski definition) is 6. The molecule has 0 radical (unpaired) electrons. The number of amides is 3. The highest BCUT2D eigenvalue weighted by molar-refractivity contribution is 6.19. The highest BCUT2D eigenvalue weighted by Crippen LogP contribution is 2.27. The molecule has 0 aliphatic carbocycles. The molecule has 2 heterocycles. The number of ether oxygens (including phenoxy) is 2. The molecule has 0 N–H and O–H groups in total. The molecule has 1 aliphatic heterocycles. The molecule has 2 aromatic rings. The number of benzene rings is 1. The minimum atomic E-state index is -0.409. The molecule has 1 fully saturated rings. The van der Waals surface area contributed by atoms with Crippen molar-refractivity contribution >= 4 is 17.6 Å². The number of aryl methyl sites for hydroxylation is 1. The van der Waals surface area contributed by atoms with Crippen molar-refractivity contribution in [1.82, 2.24) is 10.1 Å². The summed E-state index contributed by atoms with van der Waals surface area (Å²) >= 11 is 0. The summed E-state index contributed by atoms with van der Waals surface area (Å²) in [7, 11) is 3.11. The third-order valence-corrected chi connectivity index (χ3v) is 3.79. The van der Waals surface area contributed by atoms with E-state index in [4.69, 9.17) is 14.0 Å². The van der Waals surface area contributed by atoms with Gasteiger partial charge in [0.05, 0.1) is 14.2 Å². The number of urea groups is 1. The van der Waals surface area contributed by atoms with Gasteiger partial charge in [0, 0.05) is 12.6 Å². The Morgan fingerprint density at radius 1 is 1.17 bits per heavy atom. The largest absolute Gasteiger partial charge is 0.497 e. The van der Waals surface area contributed by atoms with Gasteiger partial charge < -0.3 is 18.9 Å². The molecule has 1 saturated heterocycles. The molecule has 3 rings (SSSR count). The predicted molar refractivity (Wildman–Crippen MR) is 84.1 cm³/mol. The third kappa shape index (κ3) is 2.78. The van der Waals surface area contributed by atoms with Crippen molar-refractivity contribution in [2.75, 3.05) is 25.7 Å². The number of hydrogen-bond donors (Lipinski definition) is 0. The van der Waals surface area contributed by atoms with Gasteiger partial charge in [0.15, 0.2) is 0 Å². The molecule has 1 aromatic heterocycles.